The molecule has 1 aromatic rings. The van der Waals surface area contributed by atoms with Gasteiger partial charge in [-0.2, -0.15) is 0 Å². The van der Waals surface area contributed by atoms with E-state index >= 15 is 0 Å². The summed E-state index contributed by atoms with van der Waals surface area (Å²) >= 11 is 0. The molecule has 0 saturated carbocycles. The summed E-state index contributed by atoms with van der Waals surface area (Å²) < 4.78 is 5.22. The van der Waals surface area contributed by atoms with E-state index < -0.39 is 0 Å². The molecule has 0 radical (unpaired) electrons. The number of nitrogens with two attached hydrogens (primary N) is 1. The second-order valence-corrected chi connectivity index (χ2v) is 4.28. The Labute approximate surface area is 103 Å². The van der Waals surface area contributed by atoms with Crippen molar-refractivity contribution in [3.8, 4) is 5.75 Å². The van der Waals surface area contributed by atoms with Crippen LogP contribution in [-0.2, 0) is 11.2 Å². The summed E-state index contributed by atoms with van der Waals surface area (Å²) in [4.78, 5) is 11.8. The molecule has 0 aromatic heterocycles. The molecule has 1 atom stereocenters. The van der Waals surface area contributed by atoms with Gasteiger partial charge in [0.15, 0.2) is 0 Å². The minimum atomic E-state index is -0.0118. The summed E-state index contributed by atoms with van der Waals surface area (Å²) in [6.45, 7) is 2.07. The van der Waals surface area contributed by atoms with E-state index in [9.17, 15) is 4.79 Å². The molecule has 0 aliphatic carbocycles. The van der Waals surface area contributed by atoms with Gasteiger partial charge in [-0.15, -0.1) is 0 Å². The van der Waals surface area contributed by atoms with Crippen LogP contribution in [0.1, 0.15) is 31.7 Å². The average Bonchev–Trinajstić information content (AvgIpc) is 2.29. The van der Waals surface area contributed by atoms with E-state index in [0.717, 1.165) is 24.2 Å². The van der Waals surface area contributed by atoms with Gasteiger partial charge in [0.2, 0.25) is 0 Å². The van der Waals surface area contributed by atoms with Crippen molar-refractivity contribution in [3.05, 3.63) is 29.8 Å². The van der Waals surface area contributed by atoms with Crippen molar-refractivity contribution >= 4 is 5.78 Å². The average molecular weight is 235 g/mol. The maximum atomic E-state index is 11.8. The minimum Gasteiger partial charge on any atom is -0.496 e. The molecule has 1 aromatic carbocycles. The topological polar surface area (TPSA) is 52.3 Å². The number of ketones is 1. The number of benzene rings is 1. The molecule has 0 aliphatic rings. The minimum absolute atomic E-state index is 0.0118. The number of carbonyl (C=O) groups excluding carboxylic acids is 1. The number of hydrogen-bond donors (Lipinski definition) is 1. The number of methoxy groups -OCH3 is 1. The highest BCUT2D eigenvalue weighted by atomic mass is 16.5. The number of carbonyl (C=O) groups is 1. The zero-order valence-corrected chi connectivity index (χ0v) is 10.6. The third-order valence-corrected chi connectivity index (χ3v) is 2.73. The van der Waals surface area contributed by atoms with E-state index in [1.165, 1.54) is 0 Å². The van der Waals surface area contributed by atoms with Gasteiger partial charge >= 0.3 is 0 Å². The standard InChI is InChI=1S/C14H21NO2/c1-3-6-12(15)10-13(16)9-11-7-4-5-8-14(11)17-2/h4-5,7-8,12H,3,6,9-10,15H2,1-2H3. The van der Waals surface area contributed by atoms with Crippen molar-refractivity contribution in [2.24, 2.45) is 5.73 Å². The Morgan fingerprint density at radius 2 is 2.12 bits per heavy atom. The van der Waals surface area contributed by atoms with Gasteiger partial charge in [0.25, 0.3) is 0 Å². The zero-order chi connectivity index (χ0) is 12.7. The molecule has 0 heterocycles. The summed E-state index contributed by atoms with van der Waals surface area (Å²) in [6, 6.07) is 7.59. The Bertz CT molecular complexity index is 363. The van der Waals surface area contributed by atoms with Crippen LogP contribution in [0.5, 0.6) is 5.75 Å². The Morgan fingerprint density at radius 3 is 2.76 bits per heavy atom. The van der Waals surface area contributed by atoms with E-state index in [-0.39, 0.29) is 11.8 Å². The highest BCUT2D eigenvalue weighted by molar-refractivity contribution is 5.82. The molecule has 0 saturated heterocycles. The molecule has 0 spiro atoms. The van der Waals surface area contributed by atoms with Crippen molar-refractivity contribution in [2.75, 3.05) is 7.11 Å². The Hall–Kier alpha value is -1.35. The van der Waals surface area contributed by atoms with Gasteiger partial charge in [-0.3, -0.25) is 4.79 Å². The van der Waals surface area contributed by atoms with Crippen LogP contribution in [-0.4, -0.2) is 18.9 Å². The molecule has 0 fully saturated rings. The number of para-hydroxylation sites is 1. The number of ether oxygens (including phenoxy) is 1. The fourth-order valence-electron chi connectivity index (χ4n) is 1.90. The zero-order valence-electron chi connectivity index (χ0n) is 10.6. The summed E-state index contributed by atoms with van der Waals surface area (Å²) in [5, 5.41) is 0. The molecule has 94 valence electrons. The van der Waals surface area contributed by atoms with E-state index in [1.807, 2.05) is 24.3 Å². The Balaban J connectivity index is 2.55. The fraction of sp³-hybridized carbons (Fsp3) is 0.500. The fourth-order valence-corrected chi connectivity index (χ4v) is 1.90. The molecule has 0 amide bonds. The molecule has 2 N–H and O–H groups in total. The van der Waals surface area contributed by atoms with Crippen LogP contribution in [0.25, 0.3) is 0 Å². The van der Waals surface area contributed by atoms with Gasteiger partial charge in [0, 0.05) is 24.4 Å². The predicted molar refractivity (Wildman–Crippen MR) is 69.2 cm³/mol. The first-order chi connectivity index (χ1) is 8.17. The lowest BCUT2D eigenvalue weighted by molar-refractivity contribution is -0.118. The highest BCUT2D eigenvalue weighted by Gasteiger charge is 2.11. The lowest BCUT2D eigenvalue weighted by Crippen LogP contribution is -2.24. The van der Waals surface area contributed by atoms with Crippen LogP contribution >= 0.6 is 0 Å². The lowest BCUT2D eigenvalue weighted by Gasteiger charge is -2.10. The SMILES string of the molecule is CCCC(N)CC(=O)Cc1ccccc1OC. The van der Waals surface area contributed by atoms with E-state index in [2.05, 4.69) is 6.92 Å². The molecular weight excluding hydrogens is 214 g/mol. The molecular formula is C14H21NO2. The van der Waals surface area contributed by atoms with Crippen LogP contribution in [0, 0.1) is 0 Å². The van der Waals surface area contributed by atoms with Crippen molar-refractivity contribution in [2.45, 2.75) is 38.6 Å². The number of hydrogen-bond acceptors (Lipinski definition) is 3. The third-order valence-electron chi connectivity index (χ3n) is 2.73. The Kier molecular flexibility index (Phi) is 5.70. The molecule has 0 aliphatic heterocycles. The predicted octanol–water partition coefficient (Wildman–Crippen LogP) is 2.32. The van der Waals surface area contributed by atoms with Crippen molar-refractivity contribution in [1.82, 2.24) is 0 Å². The van der Waals surface area contributed by atoms with Crippen molar-refractivity contribution in [1.29, 1.82) is 0 Å². The summed E-state index contributed by atoms with van der Waals surface area (Å²) in [7, 11) is 1.62. The summed E-state index contributed by atoms with van der Waals surface area (Å²) in [5.41, 5.74) is 6.79. The van der Waals surface area contributed by atoms with E-state index in [1.54, 1.807) is 7.11 Å². The normalized spacial score (nSPS) is 12.2. The maximum absolute atomic E-state index is 11.8. The largest absolute Gasteiger partial charge is 0.496 e. The highest BCUT2D eigenvalue weighted by Crippen LogP contribution is 2.18. The number of Topliss-reactive ketones (excluding diaryl/α,β-unsaturated/α-hetero) is 1. The van der Waals surface area contributed by atoms with Crippen LogP contribution in [0.3, 0.4) is 0 Å². The first-order valence-electron chi connectivity index (χ1n) is 6.06. The van der Waals surface area contributed by atoms with Crippen molar-refractivity contribution in [3.63, 3.8) is 0 Å². The van der Waals surface area contributed by atoms with Gasteiger partial charge < -0.3 is 10.5 Å². The van der Waals surface area contributed by atoms with Crippen molar-refractivity contribution < 1.29 is 9.53 Å². The first kappa shape index (κ1) is 13.7. The van der Waals surface area contributed by atoms with E-state index in [4.69, 9.17) is 10.5 Å². The molecule has 0 bridgehead atoms. The van der Waals surface area contributed by atoms with Crippen LogP contribution in [0.15, 0.2) is 24.3 Å². The summed E-state index contributed by atoms with van der Waals surface area (Å²) in [5.74, 6) is 0.945. The molecule has 1 unspecified atom stereocenters. The quantitative estimate of drug-likeness (QED) is 0.789. The maximum Gasteiger partial charge on any atom is 0.138 e. The molecule has 3 heteroatoms. The monoisotopic (exact) mass is 235 g/mol. The van der Waals surface area contributed by atoms with Gasteiger partial charge in [0.1, 0.15) is 11.5 Å². The van der Waals surface area contributed by atoms with Gasteiger partial charge in [-0.05, 0) is 12.5 Å². The summed E-state index contributed by atoms with van der Waals surface area (Å²) in [6.07, 6.45) is 2.77. The smallest absolute Gasteiger partial charge is 0.138 e. The van der Waals surface area contributed by atoms with Crippen LogP contribution in [0.2, 0.25) is 0 Å². The van der Waals surface area contributed by atoms with Gasteiger partial charge in [0.05, 0.1) is 7.11 Å². The second-order valence-electron chi connectivity index (χ2n) is 4.28. The number of rotatable bonds is 7. The van der Waals surface area contributed by atoms with Gasteiger partial charge in [-0.25, -0.2) is 0 Å². The Morgan fingerprint density at radius 1 is 1.41 bits per heavy atom. The molecule has 1 rings (SSSR count). The van der Waals surface area contributed by atoms with Gasteiger partial charge in [-0.1, -0.05) is 31.5 Å². The first-order valence-corrected chi connectivity index (χ1v) is 6.06. The van der Waals surface area contributed by atoms with Crippen LogP contribution in [0.4, 0.5) is 0 Å². The van der Waals surface area contributed by atoms with Crippen LogP contribution < -0.4 is 10.5 Å². The molecule has 3 nitrogen and oxygen atoms in total. The lowest BCUT2D eigenvalue weighted by atomic mass is 10.0. The van der Waals surface area contributed by atoms with E-state index in [0.29, 0.717) is 12.8 Å². The molecule has 17 heavy (non-hydrogen) atoms. The third kappa shape index (κ3) is 4.57. The second kappa shape index (κ2) is 7.07.